The second kappa shape index (κ2) is 4.84. The average molecular weight is 265 g/mol. The van der Waals surface area contributed by atoms with Gasteiger partial charge in [0.2, 0.25) is 11.9 Å². The summed E-state index contributed by atoms with van der Waals surface area (Å²) in [5, 5.41) is 23.3. The van der Waals surface area contributed by atoms with Crippen molar-refractivity contribution in [2.75, 3.05) is 5.32 Å². The zero-order valence-electron chi connectivity index (χ0n) is 10.2. The minimum atomic E-state index is -0.511. The number of hydrogen-bond acceptors (Lipinski definition) is 6. The topological polar surface area (TPSA) is 132 Å². The lowest BCUT2D eigenvalue weighted by Crippen LogP contribution is -2.21. The summed E-state index contributed by atoms with van der Waals surface area (Å²) < 4.78 is 1.28. The molecule has 0 aliphatic carbocycles. The first-order chi connectivity index (χ1) is 8.99. The number of nitrogens with one attached hydrogen (secondary N) is 2. The SMILES string of the molecule is Cc1nn(CC(=O)Nc2ncn[nH]2)c(C)c1[N+](=O)[O-]. The summed E-state index contributed by atoms with van der Waals surface area (Å²) in [6.45, 7) is 2.93. The number of aryl methyl sites for hydroxylation is 1. The molecule has 0 saturated heterocycles. The van der Waals surface area contributed by atoms with Crippen LogP contribution in [-0.2, 0) is 11.3 Å². The zero-order valence-corrected chi connectivity index (χ0v) is 10.2. The third-order valence-electron chi connectivity index (χ3n) is 2.49. The predicted molar refractivity (Wildman–Crippen MR) is 63.4 cm³/mol. The summed E-state index contributed by atoms with van der Waals surface area (Å²) >= 11 is 0. The van der Waals surface area contributed by atoms with Gasteiger partial charge in [-0.1, -0.05) is 0 Å². The van der Waals surface area contributed by atoms with Crippen LogP contribution in [0.25, 0.3) is 0 Å². The molecular weight excluding hydrogens is 254 g/mol. The number of rotatable bonds is 4. The summed E-state index contributed by atoms with van der Waals surface area (Å²) in [5.74, 6) is -0.196. The Bertz CT molecular complexity index is 616. The average Bonchev–Trinajstić information content (AvgIpc) is 2.88. The Morgan fingerprint density at radius 3 is 2.84 bits per heavy atom. The molecule has 10 heteroatoms. The van der Waals surface area contributed by atoms with E-state index in [9.17, 15) is 14.9 Å². The van der Waals surface area contributed by atoms with E-state index in [0.717, 1.165) is 0 Å². The predicted octanol–water partition coefficient (Wildman–Crippen LogP) is 0.165. The van der Waals surface area contributed by atoms with E-state index >= 15 is 0 Å². The molecule has 0 fully saturated rings. The van der Waals surface area contributed by atoms with Crippen molar-refractivity contribution in [1.82, 2.24) is 25.0 Å². The van der Waals surface area contributed by atoms with Crippen LogP contribution in [0.3, 0.4) is 0 Å². The van der Waals surface area contributed by atoms with Gasteiger partial charge in [0.05, 0.1) is 4.92 Å². The Hall–Kier alpha value is -2.78. The van der Waals surface area contributed by atoms with Gasteiger partial charge in [0.15, 0.2) is 0 Å². The number of nitrogens with zero attached hydrogens (tertiary/aromatic N) is 5. The van der Waals surface area contributed by atoms with Crippen LogP contribution in [0, 0.1) is 24.0 Å². The fraction of sp³-hybridized carbons (Fsp3) is 0.333. The zero-order chi connectivity index (χ0) is 14.0. The Morgan fingerprint density at radius 2 is 2.32 bits per heavy atom. The molecule has 0 spiro atoms. The highest BCUT2D eigenvalue weighted by Gasteiger charge is 2.22. The molecule has 0 aliphatic heterocycles. The Morgan fingerprint density at radius 1 is 1.58 bits per heavy atom. The standard InChI is InChI=1S/C9H11N7O3/c1-5-8(16(18)19)6(2)15(14-5)3-7(17)12-9-10-4-11-13-9/h4H,3H2,1-2H3,(H2,10,11,12,13,17). The number of amides is 1. The highest BCUT2D eigenvalue weighted by Crippen LogP contribution is 2.21. The van der Waals surface area contributed by atoms with Gasteiger partial charge >= 0.3 is 5.69 Å². The van der Waals surface area contributed by atoms with Gasteiger partial charge in [0.25, 0.3) is 0 Å². The molecule has 0 aliphatic rings. The highest BCUT2D eigenvalue weighted by molar-refractivity contribution is 5.88. The molecule has 10 nitrogen and oxygen atoms in total. The van der Waals surface area contributed by atoms with Crippen LogP contribution in [0.2, 0.25) is 0 Å². The maximum Gasteiger partial charge on any atom is 0.312 e. The minimum Gasteiger partial charge on any atom is -0.293 e. The largest absolute Gasteiger partial charge is 0.312 e. The number of aromatic amines is 1. The second-order valence-corrected chi connectivity index (χ2v) is 3.82. The van der Waals surface area contributed by atoms with E-state index in [1.807, 2.05) is 0 Å². The number of carbonyl (C=O) groups is 1. The van der Waals surface area contributed by atoms with E-state index in [1.54, 1.807) is 6.92 Å². The molecule has 0 bridgehead atoms. The minimum absolute atomic E-state index is 0.0764. The number of nitro groups is 1. The maximum absolute atomic E-state index is 11.7. The lowest BCUT2D eigenvalue weighted by atomic mass is 10.3. The summed E-state index contributed by atoms with van der Waals surface area (Å²) in [4.78, 5) is 25.7. The van der Waals surface area contributed by atoms with E-state index in [2.05, 4.69) is 25.6 Å². The fourth-order valence-corrected chi connectivity index (χ4v) is 1.68. The van der Waals surface area contributed by atoms with Crippen LogP contribution in [-0.4, -0.2) is 35.8 Å². The summed E-state index contributed by atoms with van der Waals surface area (Å²) in [5.41, 5.74) is 0.526. The van der Waals surface area contributed by atoms with Crippen LogP contribution in [0.5, 0.6) is 0 Å². The first-order valence-electron chi connectivity index (χ1n) is 5.32. The monoisotopic (exact) mass is 265 g/mol. The summed E-state index contributed by atoms with van der Waals surface area (Å²) in [7, 11) is 0. The Balaban J connectivity index is 2.13. The number of H-pyrrole nitrogens is 1. The van der Waals surface area contributed by atoms with E-state index in [-0.39, 0.29) is 23.9 Å². The van der Waals surface area contributed by atoms with Crippen LogP contribution < -0.4 is 5.32 Å². The van der Waals surface area contributed by atoms with E-state index in [1.165, 1.54) is 17.9 Å². The van der Waals surface area contributed by atoms with Crippen molar-refractivity contribution in [2.24, 2.45) is 0 Å². The third-order valence-corrected chi connectivity index (χ3v) is 2.49. The molecule has 0 saturated carbocycles. The molecule has 100 valence electrons. The number of aromatic nitrogens is 5. The van der Waals surface area contributed by atoms with Crippen LogP contribution in [0.1, 0.15) is 11.4 Å². The molecule has 2 rings (SSSR count). The lowest BCUT2D eigenvalue weighted by Gasteiger charge is -2.03. The molecular formula is C9H11N7O3. The van der Waals surface area contributed by atoms with E-state index < -0.39 is 10.8 Å². The van der Waals surface area contributed by atoms with Crippen molar-refractivity contribution >= 4 is 17.5 Å². The molecule has 2 aromatic rings. The Labute approximate surface area is 107 Å². The van der Waals surface area contributed by atoms with Gasteiger partial charge in [-0.2, -0.15) is 15.2 Å². The van der Waals surface area contributed by atoms with Gasteiger partial charge in [-0.25, -0.2) is 5.10 Å². The van der Waals surface area contributed by atoms with Crippen molar-refractivity contribution in [3.8, 4) is 0 Å². The van der Waals surface area contributed by atoms with E-state index in [0.29, 0.717) is 5.69 Å². The second-order valence-electron chi connectivity index (χ2n) is 3.82. The van der Waals surface area contributed by atoms with Crippen molar-refractivity contribution in [3.63, 3.8) is 0 Å². The first-order valence-corrected chi connectivity index (χ1v) is 5.32. The molecule has 0 atom stereocenters. The van der Waals surface area contributed by atoms with Gasteiger partial charge in [-0.3, -0.25) is 24.9 Å². The number of carbonyl (C=O) groups excluding carboxylic acids is 1. The molecule has 2 N–H and O–H groups in total. The van der Waals surface area contributed by atoms with Gasteiger partial charge in [0, 0.05) is 0 Å². The summed E-state index contributed by atoms with van der Waals surface area (Å²) in [6, 6.07) is 0. The summed E-state index contributed by atoms with van der Waals surface area (Å²) in [6.07, 6.45) is 1.25. The fourth-order valence-electron chi connectivity index (χ4n) is 1.68. The van der Waals surface area contributed by atoms with E-state index in [4.69, 9.17) is 0 Å². The molecule has 0 radical (unpaired) electrons. The van der Waals surface area contributed by atoms with Gasteiger partial charge < -0.3 is 0 Å². The van der Waals surface area contributed by atoms with Crippen LogP contribution >= 0.6 is 0 Å². The third kappa shape index (κ3) is 2.56. The van der Waals surface area contributed by atoms with Crippen molar-refractivity contribution in [3.05, 3.63) is 27.8 Å². The normalized spacial score (nSPS) is 10.4. The number of anilines is 1. The molecule has 1 amide bonds. The van der Waals surface area contributed by atoms with Gasteiger partial charge in [-0.15, -0.1) is 0 Å². The van der Waals surface area contributed by atoms with Crippen LogP contribution in [0.15, 0.2) is 6.33 Å². The quantitative estimate of drug-likeness (QED) is 0.598. The lowest BCUT2D eigenvalue weighted by molar-refractivity contribution is -0.386. The molecule has 2 aromatic heterocycles. The smallest absolute Gasteiger partial charge is 0.293 e. The van der Waals surface area contributed by atoms with Gasteiger partial charge in [-0.05, 0) is 13.8 Å². The van der Waals surface area contributed by atoms with Crippen molar-refractivity contribution in [1.29, 1.82) is 0 Å². The van der Waals surface area contributed by atoms with Crippen LogP contribution in [0.4, 0.5) is 11.6 Å². The van der Waals surface area contributed by atoms with Crippen molar-refractivity contribution in [2.45, 2.75) is 20.4 Å². The molecule has 2 heterocycles. The van der Waals surface area contributed by atoms with Gasteiger partial charge in [0.1, 0.15) is 24.3 Å². The Kier molecular flexibility index (Phi) is 3.23. The maximum atomic E-state index is 11.7. The molecule has 0 unspecified atom stereocenters. The number of hydrogen-bond donors (Lipinski definition) is 2. The molecule has 0 aromatic carbocycles. The van der Waals surface area contributed by atoms with Crippen molar-refractivity contribution < 1.29 is 9.72 Å². The first kappa shape index (κ1) is 12.7. The highest BCUT2D eigenvalue weighted by atomic mass is 16.6. The molecule has 19 heavy (non-hydrogen) atoms.